The Hall–Kier alpha value is -0.560. The van der Waals surface area contributed by atoms with Crippen LogP contribution in [0.5, 0.6) is 0 Å². The second kappa shape index (κ2) is 4.46. The van der Waals surface area contributed by atoms with Crippen LogP contribution >= 0.6 is 15.9 Å². The molecule has 0 radical (unpaired) electrons. The molecule has 0 saturated carbocycles. The molecule has 0 aliphatic heterocycles. The van der Waals surface area contributed by atoms with Gasteiger partial charge in [0.25, 0.3) is 0 Å². The number of aryl methyl sites for hydroxylation is 1. The van der Waals surface area contributed by atoms with Gasteiger partial charge in [-0.25, -0.2) is 0 Å². The number of rotatable bonds is 3. The van der Waals surface area contributed by atoms with Crippen LogP contribution in [-0.4, -0.2) is 5.33 Å². The van der Waals surface area contributed by atoms with E-state index in [0.29, 0.717) is 0 Å². The van der Waals surface area contributed by atoms with Crippen LogP contribution in [0, 0.1) is 0 Å². The topological polar surface area (TPSA) is 0 Å². The standard InChI is InChI=1S/C11H13Br/c1-3-10-6-4-5-7-11(10)9(2)8-12/h4-7H,2-3,8H2,1H3. The number of hydrogen-bond acceptors (Lipinski definition) is 0. The highest BCUT2D eigenvalue weighted by atomic mass is 79.9. The predicted octanol–water partition coefficient (Wildman–Crippen LogP) is 3.66. The first kappa shape index (κ1) is 9.53. The van der Waals surface area contributed by atoms with Crippen molar-refractivity contribution in [3.05, 3.63) is 42.0 Å². The van der Waals surface area contributed by atoms with E-state index in [1.807, 2.05) is 0 Å². The molecule has 0 saturated heterocycles. The Morgan fingerprint density at radius 3 is 2.67 bits per heavy atom. The van der Waals surface area contributed by atoms with Crippen LogP contribution in [-0.2, 0) is 6.42 Å². The third-order valence-corrected chi connectivity index (χ3v) is 2.62. The molecule has 1 rings (SSSR count). The quantitative estimate of drug-likeness (QED) is 0.688. The lowest BCUT2D eigenvalue weighted by atomic mass is 10.0. The maximum atomic E-state index is 4.01. The smallest absolute Gasteiger partial charge is 0.0283 e. The van der Waals surface area contributed by atoms with Crippen molar-refractivity contribution in [3.8, 4) is 0 Å². The normalized spacial score (nSPS) is 9.83. The predicted molar refractivity (Wildman–Crippen MR) is 58.6 cm³/mol. The maximum absolute atomic E-state index is 4.01. The molecule has 0 nitrogen and oxygen atoms in total. The number of benzene rings is 1. The first-order valence-corrected chi connectivity index (χ1v) is 5.23. The highest BCUT2D eigenvalue weighted by Crippen LogP contribution is 2.19. The molecular formula is C11H13Br. The molecule has 0 aliphatic rings. The summed E-state index contributed by atoms with van der Waals surface area (Å²) in [5.74, 6) is 0. The van der Waals surface area contributed by atoms with Gasteiger partial charge in [0.05, 0.1) is 0 Å². The molecule has 0 atom stereocenters. The van der Waals surface area contributed by atoms with Gasteiger partial charge in [-0.3, -0.25) is 0 Å². The SMILES string of the molecule is C=C(CBr)c1ccccc1CC. The highest BCUT2D eigenvalue weighted by Gasteiger charge is 2.01. The number of allylic oxidation sites excluding steroid dienone is 1. The lowest BCUT2D eigenvalue weighted by Gasteiger charge is -2.07. The number of alkyl halides is 1. The van der Waals surface area contributed by atoms with Gasteiger partial charge < -0.3 is 0 Å². The van der Waals surface area contributed by atoms with Crippen molar-refractivity contribution in [2.75, 3.05) is 5.33 Å². The number of hydrogen-bond donors (Lipinski definition) is 0. The summed E-state index contributed by atoms with van der Waals surface area (Å²) in [6.45, 7) is 6.17. The third kappa shape index (κ3) is 1.98. The van der Waals surface area contributed by atoms with Gasteiger partial charge in [0, 0.05) is 5.33 Å². The molecule has 0 heterocycles. The molecule has 0 N–H and O–H groups in total. The van der Waals surface area contributed by atoms with Gasteiger partial charge in [-0.1, -0.05) is 53.7 Å². The monoisotopic (exact) mass is 224 g/mol. The highest BCUT2D eigenvalue weighted by molar-refractivity contribution is 9.09. The van der Waals surface area contributed by atoms with E-state index < -0.39 is 0 Å². The van der Waals surface area contributed by atoms with Gasteiger partial charge in [-0.2, -0.15) is 0 Å². The Bertz CT molecular complexity index is 276. The van der Waals surface area contributed by atoms with Gasteiger partial charge in [-0.05, 0) is 23.1 Å². The molecule has 64 valence electrons. The number of halogens is 1. The summed E-state index contributed by atoms with van der Waals surface area (Å²) in [7, 11) is 0. The minimum atomic E-state index is 0.851. The summed E-state index contributed by atoms with van der Waals surface area (Å²) in [5.41, 5.74) is 3.83. The summed E-state index contributed by atoms with van der Waals surface area (Å²) in [5, 5.41) is 0.851. The summed E-state index contributed by atoms with van der Waals surface area (Å²) in [6, 6.07) is 8.41. The molecule has 0 bridgehead atoms. The molecular weight excluding hydrogens is 212 g/mol. The summed E-state index contributed by atoms with van der Waals surface area (Å²) in [4.78, 5) is 0. The summed E-state index contributed by atoms with van der Waals surface area (Å²) in [6.07, 6.45) is 1.07. The zero-order chi connectivity index (χ0) is 8.97. The van der Waals surface area contributed by atoms with E-state index >= 15 is 0 Å². The first-order valence-electron chi connectivity index (χ1n) is 4.11. The zero-order valence-corrected chi connectivity index (χ0v) is 8.89. The van der Waals surface area contributed by atoms with Crippen molar-refractivity contribution in [2.45, 2.75) is 13.3 Å². The van der Waals surface area contributed by atoms with E-state index in [1.165, 1.54) is 11.1 Å². The fourth-order valence-electron chi connectivity index (χ4n) is 1.25. The lowest BCUT2D eigenvalue weighted by Crippen LogP contribution is -1.91. The minimum absolute atomic E-state index is 0.851. The molecule has 0 unspecified atom stereocenters. The van der Waals surface area contributed by atoms with Crippen molar-refractivity contribution < 1.29 is 0 Å². The van der Waals surface area contributed by atoms with E-state index in [2.05, 4.69) is 53.7 Å². The Kier molecular flexibility index (Phi) is 3.54. The van der Waals surface area contributed by atoms with E-state index in [-0.39, 0.29) is 0 Å². The van der Waals surface area contributed by atoms with Crippen LogP contribution in [0.4, 0.5) is 0 Å². The molecule has 0 spiro atoms. The van der Waals surface area contributed by atoms with Crippen LogP contribution in [0.1, 0.15) is 18.1 Å². The average Bonchev–Trinajstić information content (AvgIpc) is 2.16. The Morgan fingerprint density at radius 1 is 1.42 bits per heavy atom. The van der Waals surface area contributed by atoms with Gasteiger partial charge >= 0.3 is 0 Å². The Morgan fingerprint density at radius 2 is 2.08 bits per heavy atom. The second-order valence-electron chi connectivity index (χ2n) is 2.75. The molecule has 0 aliphatic carbocycles. The molecule has 1 heteroatoms. The van der Waals surface area contributed by atoms with Gasteiger partial charge in [0.2, 0.25) is 0 Å². The Labute approximate surface area is 82.4 Å². The summed E-state index contributed by atoms with van der Waals surface area (Å²) >= 11 is 3.42. The third-order valence-electron chi connectivity index (χ3n) is 1.94. The van der Waals surface area contributed by atoms with Crippen LogP contribution in [0.15, 0.2) is 30.8 Å². The largest absolute Gasteiger partial charge is 0.0944 e. The minimum Gasteiger partial charge on any atom is -0.0944 e. The van der Waals surface area contributed by atoms with Crippen LogP contribution in [0.2, 0.25) is 0 Å². The molecule has 1 aromatic rings. The first-order chi connectivity index (χ1) is 5.79. The maximum Gasteiger partial charge on any atom is 0.0283 e. The second-order valence-corrected chi connectivity index (χ2v) is 3.31. The van der Waals surface area contributed by atoms with Gasteiger partial charge in [0.15, 0.2) is 0 Å². The molecule has 0 amide bonds. The molecule has 1 aromatic carbocycles. The van der Waals surface area contributed by atoms with Crippen molar-refractivity contribution >= 4 is 21.5 Å². The zero-order valence-electron chi connectivity index (χ0n) is 7.31. The van der Waals surface area contributed by atoms with Crippen molar-refractivity contribution in [3.63, 3.8) is 0 Å². The summed E-state index contributed by atoms with van der Waals surface area (Å²) < 4.78 is 0. The van der Waals surface area contributed by atoms with E-state index in [4.69, 9.17) is 0 Å². The molecule has 0 aromatic heterocycles. The van der Waals surface area contributed by atoms with Gasteiger partial charge in [0.1, 0.15) is 0 Å². The molecule has 0 fully saturated rings. The average molecular weight is 225 g/mol. The van der Waals surface area contributed by atoms with E-state index in [1.54, 1.807) is 0 Å². The van der Waals surface area contributed by atoms with Crippen LogP contribution < -0.4 is 0 Å². The fraction of sp³-hybridized carbons (Fsp3) is 0.273. The van der Waals surface area contributed by atoms with Crippen molar-refractivity contribution in [1.29, 1.82) is 0 Å². The fourth-order valence-corrected chi connectivity index (χ4v) is 1.55. The Balaban J connectivity index is 3.04. The van der Waals surface area contributed by atoms with Crippen molar-refractivity contribution in [2.24, 2.45) is 0 Å². The molecule has 12 heavy (non-hydrogen) atoms. The van der Waals surface area contributed by atoms with E-state index in [9.17, 15) is 0 Å². The van der Waals surface area contributed by atoms with Crippen LogP contribution in [0.3, 0.4) is 0 Å². The van der Waals surface area contributed by atoms with Crippen LogP contribution in [0.25, 0.3) is 5.57 Å². The lowest BCUT2D eigenvalue weighted by molar-refractivity contribution is 1.13. The van der Waals surface area contributed by atoms with E-state index in [0.717, 1.165) is 17.3 Å². The van der Waals surface area contributed by atoms with Crippen molar-refractivity contribution in [1.82, 2.24) is 0 Å². The van der Waals surface area contributed by atoms with Gasteiger partial charge in [-0.15, -0.1) is 0 Å².